The fourth-order valence-electron chi connectivity index (χ4n) is 3.37. The number of hydrogen-bond acceptors (Lipinski definition) is 3. The molecule has 0 spiro atoms. The van der Waals surface area contributed by atoms with Gasteiger partial charge in [-0.3, -0.25) is 0 Å². The standard InChI is InChI=1S/C20H25NO2/c1-21(18-13-16-6-4-5-7-17(16)14-18)11-10-15-8-9-19(22-2)20(12-15)23-3/h4-9,12,18H,10-11,13-14H2,1-3H3. The lowest BCUT2D eigenvalue weighted by Crippen LogP contribution is -2.33. The van der Waals surface area contributed by atoms with Gasteiger partial charge in [0.2, 0.25) is 0 Å². The summed E-state index contributed by atoms with van der Waals surface area (Å²) < 4.78 is 10.7. The van der Waals surface area contributed by atoms with Crippen molar-refractivity contribution in [2.75, 3.05) is 27.8 Å². The molecule has 0 aromatic heterocycles. The lowest BCUT2D eigenvalue weighted by Gasteiger charge is -2.24. The van der Waals surface area contributed by atoms with E-state index in [1.54, 1.807) is 14.2 Å². The monoisotopic (exact) mass is 311 g/mol. The second kappa shape index (κ2) is 7.05. The van der Waals surface area contributed by atoms with E-state index in [-0.39, 0.29) is 0 Å². The molecule has 0 aliphatic heterocycles. The summed E-state index contributed by atoms with van der Waals surface area (Å²) in [5.41, 5.74) is 4.30. The number of likely N-dealkylation sites (N-methyl/N-ethyl adjacent to an activating group) is 1. The smallest absolute Gasteiger partial charge is 0.160 e. The maximum atomic E-state index is 5.39. The summed E-state index contributed by atoms with van der Waals surface area (Å²) in [6, 6.07) is 15.6. The highest BCUT2D eigenvalue weighted by Gasteiger charge is 2.24. The Morgan fingerprint density at radius 3 is 2.22 bits per heavy atom. The lowest BCUT2D eigenvalue weighted by atomic mass is 10.1. The summed E-state index contributed by atoms with van der Waals surface area (Å²) in [4.78, 5) is 2.48. The molecule has 0 amide bonds. The first-order valence-electron chi connectivity index (χ1n) is 8.19. The molecule has 0 N–H and O–H groups in total. The summed E-state index contributed by atoms with van der Waals surface area (Å²) >= 11 is 0. The third-order valence-corrected chi connectivity index (χ3v) is 4.85. The van der Waals surface area contributed by atoms with Crippen molar-refractivity contribution >= 4 is 0 Å². The van der Waals surface area contributed by atoms with Crippen LogP contribution in [0.1, 0.15) is 16.7 Å². The van der Waals surface area contributed by atoms with Crippen LogP contribution in [0.5, 0.6) is 11.5 Å². The van der Waals surface area contributed by atoms with E-state index in [4.69, 9.17) is 9.47 Å². The molecule has 3 nitrogen and oxygen atoms in total. The summed E-state index contributed by atoms with van der Waals surface area (Å²) in [5, 5.41) is 0. The zero-order valence-corrected chi connectivity index (χ0v) is 14.2. The molecule has 122 valence electrons. The summed E-state index contributed by atoms with van der Waals surface area (Å²) in [6.07, 6.45) is 3.35. The number of benzene rings is 2. The molecule has 0 radical (unpaired) electrons. The number of methoxy groups -OCH3 is 2. The van der Waals surface area contributed by atoms with Crippen LogP contribution in [0.4, 0.5) is 0 Å². The number of hydrogen-bond donors (Lipinski definition) is 0. The Balaban J connectivity index is 1.59. The highest BCUT2D eigenvalue weighted by molar-refractivity contribution is 5.43. The molecule has 0 saturated carbocycles. The van der Waals surface area contributed by atoms with Gasteiger partial charge in [-0.2, -0.15) is 0 Å². The van der Waals surface area contributed by atoms with Gasteiger partial charge >= 0.3 is 0 Å². The molecule has 0 bridgehead atoms. The van der Waals surface area contributed by atoms with Gasteiger partial charge in [0.05, 0.1) is 14.2 Å². The third-order valence-electron chi connectivity index (χ3n) is 4.85. The Kier molecular flexibility index (Phi) is 4.87. The predicted molar refractivity (Wildman–Crippen MR) is 93.5 cm³/mol. The van der Waals surface area contributed by atoms with E-state index < -0.39 is 0 Å². The molecule has 0 heterocycles. The van der Waals surface area contributed by atoms with E-state index in [0.29, 0.717) is 6.04 Å². The van der Waals surface area contributed by atoms with Crippen LogP contribution in [0.15, 0.2) is 42.5 Å². The minimum atomic E-state index is 0.618. The number of rotatable bonds is 6. The average Bonchev–Trinajstić information content (AvgIpc) is 3.03. The lowest BCUT2D eigenvalue weighted by molar-refractivity contribution is 0.252. The topological polar surface area (TPSA) is 21.7 Å². The van der Waals surface area contributed by atoms with E-state index in [9.17, 15) is 0 Å². The first kappa shape index (κ1) is 15.9. The Bertz CT molecular complexity index is 643. The van der Waals surface area contributed by atoms with E-state index in [0.717, 1.165) is 24.5 Å². The molecule has 2 aromatic carbocycles. The van der Waals surface area contributed by atoms with Crippen LogP contribution < -0.4 is 9.47 Å². The van der Waals surface area contributed by atoms with Crippen molar-refractivity contribution in [3.05, 3.63) is 59.2 Å². The normalized spacial score (nSPS) is 14.1. The van der Waals surface area contributed by atoms with Gasteiger partial charge in [-0.1, -0.05) is 30.3 Å². The SMILES string of the molecule is COc1ccc(CCN(C)C2Cc3ccccc3C2)cc1OC. The van der Waals surface area contributed by atoms with Crippen molar-refractivity contribution in [2.45, 2.75) is 25.3 Å². The molecule has 0 saturated heterocycles. The van der Waals surface area contributed by atoms with Crippen LogP contribution >= 0.6 is 0 Å². The minimum absolute atomic E-state index is 0.618. The molecule has 2 aromatic rings. The molecule has 0 unspecified atom stereocenters. The number of nitrogens with zero attached hydrogens (tertiary/aromatic N) is 1. The van der Waals surface area contributed by atoms with Crippen molar-refractivity contribution in [2.24, 2.45) is 0 Å². The molecule has 3 rings (SSSR count). The molecule has 1 aliphatic rings. The Hall–Kier alpha value is -2.00. The minimum Gasteiger partial charge on any atom is -0.493 e. The highest BCUT2D eigenvalue weighted by atomic mass is 16.5. The van der Waals surface area contributed by atoms with Crippen LogP contribution in [-0.4, -0.2) is 38.8 Å². The molecule has 3 heteroatoms. The largest absolute Gasteiger partial charge is 0.493 e. The maximum absolute atomic E-state index is 5.39. The van der Waals surface area contributed by atoms with E-state index >= 15 is 0 Å². The fourth-order valence-corrected chi connectivity index (χ4v) is 3.37. The Labute approximate surface area is 138 Å². The first-order chi connectivity index (χ1) is 11.2. The van der Waals surface area contributed by atoms with Gasteiger partial charge in [0.25, 0.3) is 0 Å². The molecule has 1 aliphatic carbocycles. The van der Waals surface area contributed by atoms with Crippen molar-refractivity contribution in [1.29, 1.82) is 0 Å². The van der Waals surface area contributed by atoms with Crippen molar-refractivity contribution in [3.8, 4) is 11.5 Å². The zero-order chi connectivity index (χ0) is 16.2. The second-order valence-electron chi connectivity index (χ2n) is 6.25. The van der Waals surface area contributed by atoms with Gasteiger partial charge in [-0.15, -0.1) is 0 Å². The van der Waals surface area contributed by atoms with Gasteiger partial charge < -0.3 is 14.4 Å². The highest BCUT2D eigenvalue weighted by Crippen LogP contribution is 2.28. The summed E-state index contributed by atoms with van der Waals surface area (Å²) in [5.74, 6) is 1.59. The molecule has 0 atom stereocenters. The van der Waals surface area contributed by atoms with Gasteiger partial charge in [-0.25, -0.2) is 0 Å². The van der Waals surface area contributed by atoms with Crippen LogP contribution in [0.25, 0.3) is 0 Å². The molecular weight excluding hydrogens is 286 g/mol. The average molecular weight is 311 g/mol. The van der Waals surface area contributed by atoms with Crippen LogP contribution in [0.2, 0.25) is 0 Å². The zero-order valence-electron chi connectivity index (χ0n) is 14.2. The van der Waals surface area contributed by atoms with Gasteiger partial charge in [0.15, 0.2) is 11.5 Å². The summed E-state index contributed by atoms with van der Waals surface area (Å²) in [7, 11) is 5.59. The maximum Gasteiger partial charge on any atom is 0.160 e. The van der Waals surface area contributed by atoms with Gasteiger partial charge in [-0.05, 0) is 55.1 Å². The van der Waals surface area contributed by atoms with Crippen LogP contribution in [0.3, 0.4) is 0 Å². The number of fused-ring (bicyclic) bond motifs is 1. The molecule has 0 fully saturated rings. The first-order valence-corrected chi connectivity index (χ1v) is 8.19. The third kappa shape index (κ3) is 3.50. The quantitative estimate of drug-likeness (QED) is 0.816. The van der Waals surface area contributed by atoms with Gasteiger partial charge in [0.1, 0.15) is 0 Å². The predicted octanol–water partition coefficient (Wildman–Crippen LogP) is 3.35. The van der Waals surface area contributed by atoms with Crippen molar-refractivity contribution < 1.29 is 9.47 Å². The van der Waals surface area contributed by atoms with E-state index in [1.165, 1.54) is 29.5 Å². The summed E-state index contributed by atoms with van der Waals surface area (Å²) in [6.45, 7) is 1.05. The second-order valence-corrected chi connectivity index (χ2v) is 6.25. The molecule has 23 heavy (non-hydrogen) atoms. The van der Waals surface area contributed by atoms with Crippen LogP contribution in [-0.2, 0) is 19.3 Å². The Morgan fingerprint density at radius 2 is 1.61 bits per heavy atom. The van der Waals surface area contributed by atoms with Gasteiger partial charge in [0, 0.05) is 12.6 Å². The van der Waals surface area contributed by atoms with Crippen LogP contribution in [0, 0.1) is 0 Å². The fraction of sp³-hybridized carbons (Fsp3) is 0.400. The van der Waals surface area contributed by atoms with E-state index in [1.807, 2.05) is 6.07 Å². The van der Waals surface area contributed by atoms with E-state index in [2.05, 4.69) is 48.3 Å². The Morgan fingerprint density at radius 1 is 0.957 bits per heavy atom. The molecular formula is C20H25NO2. The van der Waals surface area contributed by atoms with Crippen molar-refractivity contribution in [3.63, 3.8) is 0 Å². The van der Waals surface area contributed by atoms with Crippen molar-refractivity contribution in [1.82, 2.24) is 4.90 Å². The number of ether oxygens (including phenoxy) is 2.